The first-order valence-corrected chi connectivity index (χ1v) is 9.30. The highest BCUT2D eigenvalue weighted by molar-refractivity contribution is 7.89. The average molecular weight is 334 g/mol. The Balaban J connectivity index is 1.78. The van der Waals surface area contributed by atoms with Crippen LogP contribution < -0.4 is 4.72 Å². The lowest BCUT2D eigenvalue weighted by Gasteiger charge is -2.28. The van der Waals surface area contributed by atoms with Gasteiger partial charge in [0, 0.05) is 31.2 Å². The molecule has 2 atom stereocenters. The van der Waals surface area contributed by atoms with E-state index >= 15 is 0 Å². The summed E-state index contributed by atoms with van der Waals surface area (Å²) in [5.41, 5.74) is -0.632. The van der Waals surface area contributed by atoms with Crippen molar-refractivity contribution in [2.24, 2.45) is 10.8 Å². The molecular formula is C14H23FN2O4S. The van der Waals surface area contributed by atoms with Gasteiger partial charge in [0.2, 0.25) is 21.9 Å². The predicted molar refractivity (Wildman–Crippen MR) is 78.2 cm³/mol. The quantitative estimate of drug-likeness (QED) is 0.773. The molecule has 1 heterocycles. The van der Waals surface area contributed by atoms with E-state index in [9.17, 15) is 17.6 Å². The standard InChI is InChI=1S/C14H23FN2O4S/c1-10-11(16-22(19,20)9-15)13(3-4-13)7-17(10)12(18)14(5-6-14)8-21-2/h10-11,16H,3-9H2,1-2H3/t10-,11+/m0/s1. The number of amides is 1. The second-order valence-electron chi connectivity index (χ2n) is 7.07. The molecule has 22 heavy (non-hydrogen) atoms. The van der Waals surface area contributed by atoms with Gasteiger partial charge in [0.25, 0.3) is 0 Å². The molecule has 2 saturated carbocycles. The molecule has 1 amide bonds. The van der Waals surface area contributed by atoms with E-state index in [-0.39, 0.29) is 17.4 Å². The number of rotatable bonds is 6. The third kappa shape index (κ3) is 2.55. The van der Waals surface area contributed by atoms with Crippen LogP contribution in [0.3, 0.4) is 0 Å². The van der Waals surface area contributed by atoms with Crippen molar-refractivity contribution >= 4 is 15.9 Å². The zero-order chi connectivity index (χ0) is 16.2. The highest BCUT2D eigenvalue weighted by Gasteiger charge is 2.63. The summed E-state index contributed by atoms with van der Waals surface area (Å²) in [5, 5.41) is 0. The summed E-state index contributed by atoms with van der Waals surface area (Å²) in [4.78, 5) is 14.6. The molecule has 0 radical (unpaired) electrons. The van der Waals surface area contributed by atoms with Gasteiger partial charge in [-0.2, -0.15) is 0 Å². The van der Waals surface area contributed by atoms with Gasteiger partial charge in [-0.15, -0.1) is 0 Å². The number of nitrogens with zero attached hydrogens (tertiary/aromatic N) is 1. The van der Waals surface area contributed by atoms with Crippen LogP contribution in [0.15, 0.2) is 0 Å². The van der Waals surface area contributed by atoms with Crippen LogP contribution in [0.1, 0.15) is 32.6 Å². The highest BCUT2D eigenvalue weighted by Crippen LogP contribution is 2.57. The lowest BCUT2D eigenvalue weighted by molar-refractivity contribution is -0.139. The van der Waals surface area contributed by atoms with E-state index in [0.29, 0.717) is 13.2 Å². The van der Waals surface area contributed by atoms with Crippen LogP contribution >= 0.6 is 0 Å². The minimum atomic E-state index is -3.93. The number of halogens is 1. The second-order valence-corrected chi connectivity index (χ2v) is 8.75. The molecule has 6 nitrogen and oxygen atoms in total. The molecule has 0 aromatic rings. The number of carbonyl (C=O) groups is 1. The molecule has 126 valence electrons. The maximum atomic E-state index is 12.8. The van der Waals surface area contributed by atoms with Gasteiger partial charge in [-0.1, -0.05) is 0 Å². The molecule has 3 rings (SSSR count). The van der Waals surface area contributed by atoms with Gasteiger partial charge in [-0.25, -0.2) is 17.5 Å². The Morgan fingerprint density at radius 1 is 1.36 bits per heavy atom. The van der Waals surface area contributed by atoms with Crippen LogP contribution in [0.25, 0.3) is 0 Å². The minimum Gasteiger partial charge on any atom is -0.384 e. The Morgan fingerprint density at radius 2 is 2.00 bits per heavy atom. The number of nitrogens with one attached hydrogen (secondary N) is 1. The number of ether oxygens (including phenoxy) is 1. The van der Waals surface area contributed by atoms with Crippen LogP contribution in [-0.2, 0) is 19.6 Å². The predicted octanol–water partition coefficient (Wildman–Crippen LogP) is 0.639. The smallest absolute Gasteiger partial charge is 0.241 e. The lowest BCUT2D eigenvalue weighted by atomic mass is 9.98. The van der Waals surface area contributed by atoms with E-state index < -0.39 is 27.5 Å². The number of methoxy groups -OCH3 is 1. The monoisotopic (exact) mass is 334 g/mol. The van der Waals surface area contributed by atoms with Crippen LogP contribution in [0.2, 0.25) is 0 Å². The van der Waals surface area contributed by atoms with Crippen molar-refractivity contribution < 1.29 is 22.3 Å². The van der Waals surface area contributed by atoms with Gasteiger partial charge in [0.05, 0.1) is 12.0 Å². The van der Waals surface area contributed by atoms with Crippen molar-refractivity contribution in [3.8, 4) is 0 Å². The third-order valence-corrected chi connectivity index (χ3v) is 6.35. The lowest BCUT2D eigenvalue weighted by Crippen LogP contribution is -2.49. The SMILES string of the molecule is COCC1(C(=O)N2CC3(CC3)[C@H](NS(=O)(=O)CF)[C@@H]2C)CC1. The molecule has 0 aromatic carbocycles. The fourth-order valence-corrected chi connectivity index (χ4v) is 4.66. The van der Waals surface area contributed by atoms with Gasteiger partial charge in [0.15, 0.2) is 0 Å². The van der Waals surface area contributed by atoms with E-state index in [1.54, 1.807) is 12.0 Å². The Labute approximate surface area is 130 Å². The Hall–Kier alpha value is -0.730. The van der Waals surface area contributed by atoms with Gasteiger partial charge < -0.3 is 9.64 Å². The molecule has 8 heteroatoms. The van der Waals surface area contributed by atoms with E-state index in [0.717, 1.165) is 25.7 Å². The van der Waals surface area contributed by atoms with Crippen LogP contribution in [-0.4, -0.2) is 57.6 Å². The van der Waals surface area contributed by atoms with E-state index in [4.69, 9.17) is 4.74 Å². The molecule has 3 aliphatic rings. The van der Waals surface area contributed by atoms with E-state index in [1.807, 2.05) is 6.92 Å². The number of carbonyl (C=O) groups excluding carboxylic acids is 1. The van der Waals surface area contributed by atoms with Crippen molar-refractivity contribution in [1.82, 2.24) is 9.62 Å². The molecule has 2 aliphatic carbocycles. The minimum absolute atomic E-state index is 0.0510. The summed E-state index contributed by atoms with van der Waals surface area (Å²) in [6.45, 7) is 2.81. The zero-order valence-corrected chi connectivity index (χ0v) is 13.8. The molecular weight excluding hydrogens is 311 g/mol. The molecule has 3 fully saturated rings. The van der Waals surface area contributed by atoms with Gasteiger partial charge in [0.1, 0.15) is 0 Å². The number of alkyl halides is 1. The number of hydrogen-bond donors (Lipinski definition) is 1. The number of hydrogen-bond acceptors (Lipinski definition) is 4. The van der Waals surface area contributed by atoms with Crippen LogP contribution in [0, 0.1) is 10.8 Å². The first-order valence-electron chi connectivity index (χ1n) is 7.65. The van der Waals surface area contributed by atoms with Crippen molar-refractivity contribution in [1.29, 1.82) is 0 Å². The van der Waals surface area contributed by atoms with Crippen LogP contribution in [0.5, 0.6) is 0 Å². The summed E-state index contributed by atoms with van der Waals surface area (Å²) in [6, 6.07) is -2.07. The summed E-state index contributed by atoms with van der Waals surface area (Å²) in [7, 11) is -2.34. The van der Waals surface area contributed by atoms with Gasteiger partial charge >= 0.3 is 0 Å². The largest absolute Gasteiger partial charge is 0.384 e. The summed E-state index contributed by atoms with van der Waals surface area (Å²) >= 11 is 0. The number of sulfonamides is 1. The molecule has 1 saturated heterocycles. The maximum Gasteiger partial charge on any atom is 0.241 e. The van der Waals surface area contributed by atoms with E-state index in [1.165, 1.54) is 0 Å². The van der Waals surface area contributed by atoms with Crippen molar-refractivity contribution in [3.63, 3.8) is 0 Å². The first kappa shape index (κ1) is 16.1. The van der Waals surface area contributed by atoms with Crippen molar-refractivity contribution in [3.05, 3.63) is 0 Å². The topological polar surface area (TPSA) is 75.7 Å². The second kappa shape index (κ2) is 5.14. The van der Waals surface area contributed by atoms with Gasteiger partial charge in [-0.05, 0) is 32.6 Å². The molecule has 0 aromatic heterocycles. The van der Waals surface area contributed by atoms with Gasteiger partial charge in [-0.3, -0.25) is 4.79 Å². The Bertz CT molecular complexity index is 571. The summed E-state index contributed by atoms with van der Waals surface area (Å²) < 4.78 is 43.5. The fourth-order valence-electron chi connectivity index (χ4n) is 3.76. The van der Waals surface area contributed by atoms with E-state index in [2.05, 4.69) is 4.72 Å². The molecule has 1 aliphatic heterocycles. The average Bonchev–Trinajstić information content (AvgIpc) is 3.37. The third-order valence-electron chi connectivity index (χ3n) is 5.45. The van der Waals surface area contributed by atoms with Crippen molar-refractivity contribution in [2.75, 3.05) is 26.3 Å². The van der Waals surface area contributed by atoms with Crippen molar-refractivity contribution in [2.45, 2.75) is 44.7 Å². The van der Waals surface area contributed by atoms with Crippen LogP contribution in [0.4, 0.5) is 4.39 Å². The molecule has 0 unspecified atom stereocenters. The summed E-state index contributed by atoms with van der Waals surface area (Å²) in [6.07, 6.45) is 3.38. The summed E-state index contributed by atoms with van der Waals surface area (Å²) in [5.74, 6) is 0.0510. The maximum absolute atomic E-state index is 12.8. The Morgan fingerprint density at radius 3 is 2.45 bits per heavy atom. The zero-order valence-electron chi connectivity index (χ0n) is 13.0. The normalized spacial score (nSPS) is 31.5. The molecule has 1 spiro atoms. The molecule has 0 bridgehead atoms. The number of likely N-dealkylation sites (tertiary alicyclic amines) is 1. The Kier molecular flexibility index (Phi) is 3.77. The molecule has 1 N–H and O–H groups in total. The fraction of sp³-hybridized carbons (Fsp3) is 0.929. The highest BCUT2D eigenvalue weighted by atomic mass is 32.2. The first-order chi connectivity index (χ1) is 10.3.